The molecule has 0 unspecified atom stereocenters. The Balaban J connectivity index is 2.32. The molecule has 0 amide bonds. The second-order valence-corrected chi connectivity index (χ2v) is 4.86. The number of halogens is 1. The smallest absolute Gasteiger partial charge is 0.169 e. The highest BCUT2D eigenvalue weighted by atomic mass is 79.9. The summed E-state index contributed by atoms with van der Waals surface area (Å²) < 4.78 is 1.07. The van der Waals surface area contributed by atoms with Crippen LogP contribution < -0.4 is 5.32 Å². The molecule has 15 heavy (non-hydrogen) atoms. The van der Waals surface area contributed by atoms with E-state index in [9.17, 15) is 0 Å². The van der Waals surface area contributed by atoms with Crippen LogP contribution in [0, 0.1) is 0 Å². The lowest BCUT2D eigenvalue weighted by atomic mass is 10.3. The first kappa shape index (κ1) is 10.7. The van der Waals surface area contributed by atoms with Crippen LogP contribution in [0.3, 0.4) is 0 Å². The quantitative estimate of drug-likeness (QED) is 0.941. The molecule has 2 heterocycles. The zero-order valence-electron chi connectivity index (χ0n) is 8.20. The summed E-state index contributed by atoms with van der Waals surface area (Å²) in [5.74, 6) is 0.790. The zero-order valence-corrected chi connectivity index (χ0v) is 10.6. The van der Waals surface area contributed by atoms with Crippen LogP contribution in [0.4, 0.5) is 0 Å². The van der Waals surface area contributed by atoms with Gasteiger partial charge in [0.1, 0.15) is 0 Å². The minimum atomic E-state index is 0.766. The van der Waals surface area contributed by atoms with Gasteiger partial charge in [0.15, 0.2) is 5.82 Å². The van der Waals surface area contributed by atoms with Crippen LogP contribution in [0.1, 0.15) is 5.69 Å². The highest BCUT2D eigenvalue weighted by Crippen LogP contribution is 2.27. The third-order valence-corrected chi connectivity index (χ3v) is 3.55. The van der Waals surface area contributed by atoms with Crippen LogP contribution in [0.5, 0.6) is 0 Å². The van der Waals surface area contributed by atoms with E-state index in [2.05, 4.69) is 31.2 Å². The van der Waals surface area contributed by atoms with Crippen molar-refractivity contribution in [2.75, 3.05) is 7.05 Å². The van der Waals surface area contributed by atoms with Crippen LogP contribution in [0.15, 0.2) is 28.2 Å². The summed E-state index contributed by atoms with van der Waals surface area (Å²) in [6.07, 6.45) is 1.79. The first-order chi connectivity index (χ1) is 7.29. The molecule has 0 saturated heterocycles. The molecule has 0 spiro atoms. The minimum Gasteiger partial charge on any atom is -0.314 e. The summed E-state index contributed by atoms with van der Waals surface area (Å²) in [4.78, 5) is 9.80. The lowest BCUT2D eigenvalue weighted by Gasteiger charge is -2.00. The molecular weight excluding hydrogens is 274 g/mol. The van der Waals surface area contributed by atoms with Crippen molar-refractivity contribution in [3.63, 3.8) is 0 Å². The Morgan fingerprint density at radius 3 is 3.07 bits per heavy atom. The van der Waals surface area contributed by atoms with Gasteiger partial charge < -0.3 is 5.32 Å². The number of nitrogens with one attached hydrogen (secondary N) is 1. The van der Waals surface area contributed by atoms with Gasteiger partial charge in [0, 0.05) is 22.6 Å². The Bertz CT molecular complexity index is 455. The van der Waals surface area contributed by atoms with Crippen LogP contribution in [-0.2, 0) is 6.54 Å². The van der Waals surface area contributed by atoms with Gasteiger partial charge in [-0.15, -0.1) is 11.3 Å². The van der Waals surface area contributed by atoms with Gasteiger partial charge in [-0.05, 0) is 35.1 Å². The summed E-state index contributed by atoms with van der Waals surface area (Å²) in [6.45, 7) is 0.766. The summed E-state index contributed by atoms with van der Waals surface area (Å²) in [7, 11) is 1.91. The van der Waals surface area contributed by atoms with Crippen LogP contribution in [0.2, 0.25) is 0 Å². The van der Waals surface area contributed by atoms with E-state index in [0.717, 1.165) is 27.4 Å². The van der Waals surface area contributed by atoms with Gasteiger partial charge in [-0.1, -0.05) is 0 Å². The van der Waals surface area contributed by atoms with Gasteiger partial charge in [0.2, 0.25) is 0 Å². The van der Waals surface area contributed by atoms with Crippen molar-refractivity contribution in [2.45, 2.75) is 6.54 Å². The van der Waals surface area contributed by atoms with Crippen molar-refractivity contribution >= 4 is 27.3 Å². The number of aromatic nitrogens is 2. The largest absolute Gasteiger partial charge is 0.314 e. The van der Waals surface area contributed by atoms with Crippen molar-refractivity contribution in [1.82, 2.24) is 15.3 Å². The van der Waals surface area contributed by atoms with Gasteiger partial charge in [-0.2, -0.15) is 0 Å². The number of hydrogen-bond acceptors (Lipinski definition) is 4. The number of rotatable bonds is 3. The molecule has 0 bridgehead atoms. The molecular formula is C10H10BrN3S. The molecule has 1 N–H and O–H groups in total. The molecule has 78 valence electrons. The predicted molar refractivity (Wildman–Crippen MR) is 65.8 cm³/mol. The van der Waals surface area contributed by atoms with Crippen molar-refractivity contribution in [1.29, 1.82) is 0 Å². The van der Waals surface area contributed by atoms with Crippen LogP contribution in [0.25, 0.3) is 10.7 Å². The monoisotopic (exact) mass is 283 g/mol. The lowest BCUT2D eigenvalue weighted by molar-refractivity contribution is 0.788. The van der Waals surface area contributed by atoms with E-state index in [-0.39, 0.29) is 0 Å². The summed E-state index contributed by atoms with van der Waals surface area (Å²) >= 11 is 5.06. The third kappa shape index (κ3) is 2.62. The number of nitrogens with zero attached hydrogens (tertiary/aromatic N) is 2. The molecule has 0 aromatic carbocycles. The van der Waals surface area contributed by atoms with E-state index < -0.39 is 0 Å². The second kappa shape index (κ2) is 4.83. The van der Waals surface area contributed by atoms with Gasteiger partial charge in [0.05, 0.1) is 10.6 Å². The van der Waals surface area contributed by atoms with Gasteiger partial charge in [-0.3, -0.25) is 0 Å². The van der Waals surface area contributed by atoms with Crippen molar-refractivity contribution in [3.05, 3.63) is 33.9 Å². The highest BCUT2D eigenvalue weighted by Gasteiger charge is 2.04. The minimum absolute atomic E-state index is 0.766. The SMILES string of the molecule is CNCc1ccnc(-c2cc(Br)cs2)n1. The maximum absolute atomic E-state index is 4.46. The Labute approximate surface area is 101 Å². The van der Waals surface area contributed by atoms with Crippen molar-refractivity contribution in [3.8, 4) is 10.7 Å². The fourth-order valence-corrected chi connectivity index (χ4v) is 2.59. The van der Waals surface area contributed by atoms with Gasteiger partial charge in [0.25, 0.3) is 0 Å². The van der Waals surface area contributed by atoms with Crippen LogP contribution >= 0.6 is 27.3 Å². The second-order valence-electron chi connectivity index (χ2n) is 3.03. The molecule has 0 aliphatic rings. The fourth-order valence-electron chi connectivity index (χ4n) is 1.22. The zero-order chi connectivity index (χ0) is 10.7. The molecule has 0 aliphatic carbocycles. The van der Waals surface area contributed by atoms with E-state index in [1.807, 2.05) is 24.6 Å². The molecule has 0 fully saturated rings. The maximum Gasteiger partial charge on any atom is 0.169 e. The standard InChI is InChI=1S/C10H10BrN3S/c1-12-5-8-2-3-13-10(14-8)9-4-7(11)6-15-9/h2-4,6,12H,5H2,1H3. The predicted octanol–water partition coefficient (Wildman–Crippen LogP) is 2.69. The van der Waals surface area contributed by atoms with E-state index in [1.165, 1.54) is 0 Å². The number of thiophene rings is 1. The molecule has 2 aromatic heterocycles. The van der Waals surface area contributed by atoms with Crippen molar-refractivity contribution < 1.29 is 0 Å². The van der Waals surface area contributed by atoms with E-state index in [4.69, 9.17) is 0 Å². The van der Waals surface area contributed by atoms with Crippen LogP contribution in [-0.4, -0.2) is 17.0 Å². The Morgan fingerprint density at radius 1 is 1.53 bits per heavy atom. The normalized spacial score (nSPS) is 10.5. The Morgan fingerprint density at radius 2 is 2.40 bits per heavy atom. The molecule has 0 atom stereocenters. The van der Waals surface area contributed by atoms with E-state index >= 15 is 0 Å². The molecule has 5 heteroatoms. The average Bonchev–Trinajstić information content (AvgIpc) is 2.66. The third-order valence-electron chi connectivity index (χ3n) is 1.86. The van der Waals surface area contributed by atoms with E-state index in [0.29, 0.717) is 0 Å². The number of hydrogen-bond donors (Lipinski definition) is 1. The first-order valence-corrected chi connectivity index (χ1v) is 6.18. The fraction of sp³-hybridized carbons (Fsp3) is 0.200. The molecule has 3 nitrogen and oxygen atoms in total. The summed E-state index contributed by atoms with van der Waals surface area (Å²) in [6, 6.07) is 3.95. The highest BCUT2D eigenvalue weighted by molar-refractivity contribution is 9.10. The summed E-state index contributed by atoms with van der Waals surface area (Å²) in [5, 5.41) is 5.10. The molecule has 0 radical (unpaired) electrons. The molecule has 0 aliphatic heterocycles. The summed E-state index contributed by atoms with van der Waals surface area (Å²) in [5.41, 5.74) is 1.01. The topological polar surface area (TPSA) is 37.8 Å². The molecule has 2 aromatic rings. The van der Waals surface area contributed by atoms with Crippen molar-refractivity contribution in [2.24, 2.45) is 0 Å². The Hall–Kier alpha value is -0.780. The van der Waals surface area contributed by atoms with E-state index in [1.54, 1.807) is 17.5 Å². The van der Waals surface area contributed by atoms with Gasteiger partial charge in [-0.25, -0.2) is 9.97 Å². The molecule has 2 rings (SSSR count). The maximum atomic E-state index is 4.46. The first-order valence-electron chi connectivity index (χ1n) is 4.50. The Kier molecular flexibility index (Phi) is 3.45. The van der Waals surface area contributed by atoms with Gasteiger partial charge >= 0.3 is 0 Å². The molecule has 0 saturated carbocycles. The average molecular weight is 284 g/mol. The lowest BCUT2D eigenvalue weighted by Crippen LogP contribution is -2.07.